The molecule has 1 aliphatic rings. The van der Waals surface area contributed by atoms with Gasteiger partial charge in [-0.15, -0.1) is 0 Å². The van der Waals surface area contributed by atoms with Gasteiger partial charge in [-0.2, -0.15) is 0 Å². The maximum absolute atomic E-state index is 12.2. The Morgan fingerprint density at radius 1 is 1.31 bits per heavy atom. The second kappa shape index (κ2) is 7.23. The lowest BCUT2D eigenvalue weighted by atomic mass is 10.0. The Kier molecular flexibility index (Phi) is 5.02. The molecule has 0 fully saturated rings. The van der Waals surface area contributed by atoms with Gasteiger partial charge >= 0.3 is 0 Å². The van der Waals surface area contributed by atoms with Gasteiger partial charge in [0.15, 0.2) is 18.1 Å². The molecule has 0 bridgehead atoms. The van der Waals surface area contributed by atoms with Crippen LogP contribution < -0.4 is 19.7 Å². The van der Waals surface area contributed by atoms with Crippen LogP contribution in [0.1, 0.15) is 25.0 Å². The fourth-order valence-corrected chi connectivity index (χ4v) is 3.06. The number of hydrogen-bond acceptors (Lipinski definition) is 5. The van der Waals surface area contributed by atoms with Gasteiger partial charge in [0, 0.05) is 44.4 Å². The van der Waals surface area contributed by atoms with E-state index in [-0.39, 0.29) is 18.1 Å². The molecule has 1 aromatic heterocycles. The van der Waals surface area contributed by atoms with Crippen LogP contribution in [0.5, 0.6) is 11.5 Å². The van der Waals surface area contributed by atoms with Crippen LogP contribution in [-0.2, 0) is 17.8 Å². The molecule has 0 spiro atoms. The van der Waals surface area contributed by atoms with E-state index >= 15 is 0 Å². The van der Waals surface area contributed by atoms with Crippen molar-refractivity contribution in [1.29, 1.82) is 0 Å². The Bertz CT molecular complexity index is 803. The van der Waals surface area contributed by atoms with E-state index in [2.05, 4.69) is 10.3 Å². The Morgan fingerprint density at radius 2 is 2.12 bits per heavy atom. The summed E-state index contributed by atoms with van der Waals surface area (Å²) in [5.41, 5.74) is 1.82. The number of rotatable bonds is 6. The molecule has 26 heavy (non-hydrogen) atoms. The highest BCUT2D eigenvalue weighted by atomic mass is 16.5. The van der Waals surface area contributed by atoms with Crippen molar-refractivity contribution in [3.05, 3.63) is 47.7 Å². The van der Waals surface area contributed by atoms with Gasteiger partial charge in [0.05, 0.1) is 0 Å². The predicted molar refractivity (Wildman–Crippen MR) is 101 cm³/mol. The normalized spacial score (nSPS) is 14.3. The van der Waals surface area contributed by atoms with Gasteiger partial charge in [-0.3, -0.25) is 4.79 Å². The summed E-state index contributed by atoms with van der Waals surface area (Å²) in [6.45, 7) is 4.43. The van der Waals surface area contributed by atoms with Gasteiger partial charge in [-0.05, 0) is 26.0 Å². The number of para-hydroxylation sites is 1. The lowest BCUT2D eigenvalue weighted by Crippen LogP contribution is -2.29. The van der Waals surface area contributed by atoms with Crippen molar-refractivity contribution in [2.24, 2.45) is 0 Å². The van der Waals surface area contributed by atoms with Crippen molar-refractivity contribution >= 4 is 11.7 Å². The van der Waals surface area contributed by atoms with Crippen LogP contribution in [0.2, 0.25) is 0 Å². The highest BCUT2D eigenvalue weighted by molar-refractivity contribution is 5.77. The third-order valence-corrected chi connectivity index (χ3v) is 4.18. The van der Waals surface area contributed by atoms with Gasteiger partial charge in [0.2, 0.25) is 0 Å². The Balaban J connectivity index is 1.57. The Labute approximate surface area is 154 Å². The monoisotopic (exact) mass is 355 g/mol. The molecule has 2 aromatic rings. The summed E-state index contributed by atoms with van der Waals surface area (Å²) in [6, 6.07) is 9.59. The second-order valence-corrected chi connectivity index (χ2v) is 7.23. The fourth-order valence-electron chi connectivity index (χ4n) is 3.06. The number of benzene rings is 1. The molecule has 0 unspecified atom stereocenters. The van der Waals surface area contributed by atoms with E-state index in [4.69, 9.17) is 9.47 Å². The number of amides is 1. The number of anilines is 1. The van der Waals surface area contributed by atoms with E-state index in [1.165, 1.54) is 0 Å². The zero-order valence-electron chi connectivity index (χ0n) is 15.7. The van der Waals surface area contributed by atoms with Crippen LogP contribution in [0.4, 0.5) is 5.82 Å². The van der Waals surface area contributed by atoms with E-state index in [1.54, 1.807) is 6.20 Å². The number of nitrogens with one attached hydrogen (secondary N) is 1. The van der Waals surface area contributed by atoms with E-state index < -0.39 is 0 Å². The minimum atomic E-state index is -0.243. The van der Waals surface area contributed by atoms with E-state index in [1.807, 2.05) is 63.2 Å². The number of carbonyl (C=O) groups excluding carboxylic acids is 1. The zero-order valence-corrected chi connectivity index (χ0v) is 15.7. The van der Waals surface area contributed by atoms with Crippen molar-refractivity contribution in [2.75, 3.05) is 25.6 Å². The largest absolute Gasteiger partial charge is 0.483 e. The topological polar surface area (TPSA) is 63.7 Å². The SMILES string of the molecule is CN(C)c1ncccc1CNC(=O)COc1cccc2c1OC(C)(C)C2. The molecule has 6 nitrogen and oxygen atoms in total. The molecule has 0 atom stereocenters. The Morgan fingerprint density at radius 3 is 2.88 bits per heavy atom. The smallest absolute Gasteiger partial charge is 0.258 e. The molecule has 0 radical (unpaired) electrons. The molecule has 0 saturated heterocycles. The molecule has 6 heteroatoms. The first-order valence-electron chi connectivity index (χ1n) is 8.67. The fraction of sp³-hybridized carbons (Fsp3) is 0.400. The molecule has 1 N–H and O–H groups in total. The summed E-state index contributed by atoms with van der Waals surface area (Å²) in [5, 5.41) is 2.88. The maximum Gasteiger partial charge on any atom is 0.258 e. The van der Waals surface area contributed by atoms with Gasteiger partial charge in [-0.1, -0.05) is 18.2 Å². The summed E-state index contributed by atoms with van der Waals surface area (Å²) in [5.74, 6) is 2.00. The molecule has 138 valence electrons. The van der Waals surface area contributed by atoms with Gasteiger partial charge in [0.1, 0.15) is 11.4 Å². The van der Waals surface area contributed by atoms with E-state index in [0.717, 1.165) is 29.1 Å². The molecule has 2 heterocycles. The first-order chi connectivity index (χ1) is 12.4. The van der Waals surface area contributed by atoms with Crippen LogP contribution in [-0.4, -0.2) is 37.2 Å². The van der Waals surface area contributed by atoms with E-state index in [9.17, 15) is 4.79 Å². The molecule has 1 amide bonds. The van der Waals surface area contributed by atoms with Crippen molar-refractivity contribution in [3.8, 4) is 11.5 Å². The molecule has 1 aliphatic heterocycles. The van der Waals surface area contributed by atoms with Crippen LogP contribution in [0.25, 0.3) is 0 Å². The average Bonchev–Trinajstić information content (AvgIpc) is 2.92. The third kappa shape index (κ3) is 4.07. The number of aromatic nitrogens is 1. The predicted octanol–water partition coefficient (Wildman–Crippen LogP) is 2.56. The number of carbonyl (C=O) groups is 1. The highest BCUT2D eigenvalue weighted by Gasteiger charge is 2.32. The lowest BCUT2D eigenvalue weighted by Gasteiger charge is -2.18. The molecule has 1 aromatic carbocycles. The first kappa shape index (κ1) is 18.0. The number of nitrogens with zero attached hydrogens (tertiary/aromatic N) is 2. The third-order valence-electron chi connectivity index (χ3n) is 4.18. The summed E-state index contributed by atoms with van der Waals surface area (Å²) in [4.78, 5) is 18.4. The number of hydrogen-bond donors (Lipinski definition) is 1. The minimum absolute atomic E-state index is 0.0577. The molecule has 0 aliphatic carbocycles. The lowest BCUT2D eigenvalue weighted by molar-refractivity contribution is -0.123. The van der Waals surface area contributed by atoms with Crippen molar-refractivity contribution in [3.63, 3.8) is 0 Å². The zero-order chi connectivity index (χ0) is 18.7. The van der Waals surface area contributed by atoms with Crippen molar-refractivity contribution < 1.29 is 14.3 Å². The summed E-state index contributed by atoms with van der Waals surface area (Å²) < 4.78 is 11.7. The summed E-state index contributed by atoms with van der Waals surface area (Å²) in [7, 11) is 3.85. The van der Waals surface area contributed by atoms with Gasteiger partial charge < -0.3 is 19.7 Å². The second-order valence-electron chi connectivity index (χ2n) is 7.23. The summed E-state index contributed by atoms with van der Waals surface area (Å²) >= 11 is 0. The molecular formula is C20H25N3O3. The number of pyridine rings is 1. The van der Waals surface area contributed by atoms with Crippen LogP contribution >= 0.6 is 0 Å². The number of ether oxygens (including phenoxy) is 2. The van der Waals surface area contributed by atoms with Crippen LogP contribution in [0.15, 0.2) is 36.5 Å². The standard InChI is InChI=1S/C20H25N3O3/c1-20(2)11-14-7-5-9-16(18(14)26-20)25-13-17(24)22-12-15-8-6-10-21-19(15)23(3)4/h5-10H,11-13H2,1-4H3,(H,22,24). The number of fused-ring (bicyclic) bond motifs is 1. The van der Waals surface area contributed by atoms with Gasteiger partial charge in [-0.25, -0.2) is 4.98 Å². The minimum Gasteiger partial charge on any atom is -0.483 e. The maximum atomic E-state index is 12.2. The van der Waals surface area contributed by atoms with Crippen molar-refractivity contribution in [2.45, 2.75) is 32.4 Å². The van der Waals surface area contributed by atoms with Crippen LogP contribution in [0, 0.1) is 0 Å². The van der Waals surface area contributed by atoms with Gasteiger partial charge in [0.25, 0.3) is 5.91 Å². The quantitative estimate of drug-likeness (QED) is 0.863. The van der Waals surface area contributed by atoms with Crippen LogP contribution in [0.3, 0.4) is 0 Å². The molecule has 0 saturated carbocycles. The highest BCUT2D eigenvalue weighted by Crippen LogP contribution is 2.41. The Hall–Kier alpha value is -2.76. The van der Waals surface area contributed by atoms with E-state index in [0.29, 0.717) is 12.3 Å². The molecule has 3 rings (SSSR count). The first-order valence-corrected chi connectivity index (χ1v) is 8.67. The molecular weight excluding hydrogens is 330 g/mol. The van der Waals surface area contributed by atoms with Crippen molar-refractivity contribution in [1.82, 2.24) is 10.3 Å². The average molecular weight is 355 g/mol. The summed E-state index contributed by atoms with van der Waals surface area (Å²) in [6.07, 6.45) is 2.57.